The highest BCUT2D eigenvalue weighted by atomic mass is 19.1. The lowest BCUT2D eigenvalue weighted by Crippen LogP contribution is -2.49. The standard InChI is InChI=1S/C20H22FN3O/c1-19(2)14-9-10-20(19,18(25)24(3)4)17-13(14)11-16(22-23-17)12-7-5-6-8-15(12)21/h5-8,11,14H,9-10H2,1-4H3/t14-,20?/m1/s1. The third-order valence-electron chi connectivity index (χ3n) is 6.30. The fourth-order valence-electron chi connectivity index (χ4n) is 4.98. The van der Waals surface area contributed by atoms with E-state index in [0.29, 0.717) is 11.3 Å². The van der Waals surface area contributed by atoms with E-state index in [-0.39, 0.29) is 23.1 Å². The van der Waals surface area contributed by atoms with Crippen molar-refractivity contribution in [2.24, 2.45) is 5.41 Å². The second kappa shape index (κ2) is 5.10. The molecular formula is C20H22FN3O. The van der Waals surface area contributed by atoms with Gasteiger partial charge < -0.3 is 4.90 Å². The van der Waals surface area contributed by atoms with Crippen LogP contribution in [0.25, 0.3) is 11.3 Å². The van der Waals surface area contributed by atoms with Crippen LogP contribution in [0.4, 0.5) is 4.39 Å². The molecule has 0 N–H and O–H groups in total. The van der Waals surface area contributed by atoms with Crippen LogP contribution in [0.2, 0.25) is 0 Å². The molecule has 0 saturated heterocycles. The molecule has 1 fully saturated rings. The molecule has 1 amide bonds. The van der Waals surface area contributed by atoms with Gasteiger partial charge in [0.2, 0.25) is 5.91 Å². The molecule has 25 heavy (non-hydrogen) atoms. The monoisotopic (exact) mass is 339 g/mol. The van der Waals surface area contributed by atoms with Gasteiger partial charge in [-0.05, 0) is 47.9 Å². The van der Waals surface area contributed by atoms with Crippen LogP contribution in [0.3, 0.4) is 0 Å². The number of carbonyl (C=O) groups is 1. The summed E-state index contributed by atoms with van der Waals surface area (Å²) in [6.45, 7) is 4.30. The highest BCUT2D eigenvalue weighted by molar-refractivity contribution is 5.91. The lowest BCUT2D eigenvalue weighted by molar-refractivity contribution is -0.138. The molecule has 2 aromatic rings. The Morgan fingerprint density at radius 2 is 1.96 bits per heavy atom. The van der Waals surface area contributed by atoms with Gasteiger partial charge in [-0.2, -0.15) is 10.2 Å². The van der Waals surface area contributed by atoms with Gasteiger partial charge in [-0.25, -0.2) is 4.39 Å². The number of likely N-dealkylation sites (N-methyl/N-ethyl adjacent to an activating group) is 1. The van der Waals surface area contributed by atoms with Crippen LogP contribution < -0.4 is 0 Å². The fourth-order valence-corrected chi connectivity index (χ4v) is 4.98. The first kappa shape index (κ1) is 16.2. The number of fused-ring (bicyclic) bond motifs is 5. The molecule has 1 aromatic heterocycles. The fraction of sp³-hybridized carbons (Fsp3) is 0.450. The smallest absolute Gasteiger partial charge is 0.234 e. The van der Waals surface area contributed by atoms with Crippen LogP contribution in [-0.4, -0.2) is 35.1 Å². The van der Waals surface area contributed by atoms with Crippen LogP contribution in [0, 0.1) is 11.2 Å². The van der Waals surface area contributed by atoms with E-state index in [0.717, 1.165) is 24.1 Å². The summed E-state index contributed by atoms with van der Waals surface area (Å²) in [6, 6.07) is 8.54. The maximum atomic E-state index is 14.1. The third kappa shape index (κ3) is 1.89. The Morgan fingerprint density at radius 3 is 2.64 bits per heavy atom. The number of halogens is 1. The van der Waals surface area contributed by atoms with E-state index < -0.39 is 5.41 Å². The van der Waals surface area contributed by atoms with Gasteiger partial charge in [0.15, 0.2) is 0 Å². The average molecular weight is 339 g/mol. The van der Waals surface area contributed by atoms with Crippen LogP contribution in [0.5, 0.6) is 0 Å². The summed E-state index contributed by atoms with van der Waals surface area (Å²) in [5.74, 6) is 0.0253. The van der Waals surface area contributed by atoms with Gasteiger partial charge in [0, 0.05) is 19.7 Å². The highest BCUT2D eigenvalue weighted by Crippen LogP contribution is 2.67. The summed E-state index contributed by atoms with van der Waals surface area (Å²) in [7, 11) is 3.58. The molecule has 1 aromatic carbocycles. The molecular weight excluding hydrogens is 317 g/mol. The Morgan fingerprint density at radius 1 is 1.24 bits per heavy atom. The predicted molar refractivity (Wildman–Crippen MR) is 93.6 cm³/mol. The number of rotatable bonds is 2. The van der Waals surface area contributed by atoms with E-state index in [2.05, 4.69) is 24.0 Å². The molecule has 2 aliphatic carbocycles. The normalized spacial score (nSPS) is 25.7. The number of aromatic nitrogens is 2. The zero-order valence-electron chi connectivity index (χ0n) is 15.0. The molecule has 1 unspecified atom stereocenters. The van der Waals surface area contributed by atoms with Crippen LogP contribution >= 0.6 is 0 Å². The summed E-state index contributed by atoms with van der Waals surface area (Å²) in [5.41, 5.74) is 1.97. The Labute approximate surface area is 147 Å². The zero-order chi connectivity index (χ0) is 18.0. The third-order valence-corrected chi connectivity index (χ3v) is 6.30. The van der Waals surface area contributed by atoms with Crippen molar-refractivity contribution < 1.29 is 9.18 Å². The van der Waals surface area contributed by atoms with Gasteiger partial charge >= 0.3 is 0 Å². The summed E-state index contributed by atoms with van der Waals surface area (Å²) in [6.07, 6.45) is 1.74. The SMILES string of the molecule is CN(C)C(=O)C12CC[C@H](c3cc(-c4ccccc4F)nnc31)C2(C)C. The van der Waals surface area contributed by atoms with E-state index in [9.17, 15) is 9.18 Å². The number of amides is 1. The second-order valence-corrected chi connectivity index (χ2v) is 7.93. The van der Waals surface area contributed by atoms with Crippen LogP contribution in [0.1, 0.15) is 43.9 Å². The Hall–Kier alpha value is -2.30. The highest BCUT2D eigenvalue weighted by Gasteiger charge is 2.67. The van der Waals surface area contributed by atoms with Crippen molar-refractivity contribution >= 4 is 5.91 Å². The van der Waals surface area contributed by atoms with Crippen molar-refractivity contribution in [3.8, 4) is 11.3 Å². The number of benzene rings is 1. The molecule has 0 radical (unpaired) electrons. The van der Waals surface area contributed by atoms with Gasteiger partial charge in [0.25, 0.3) is 0 Å². The van der Waals surface area contributed by atoms with Crippen molar-refractivity contribution in [2.75, 3.05) is 14.1 Å². The molecule has 2 aliphatic rings. The van der Waals surface area contributed by atoms with E-state index >= 15 is 0 Å². The molecule has 0 spiro atoms. The molecule has 2 atom stereocenters. The largest absolute Gasteiger partial charge is 0.348 e. The summed E-state index contributed by atoms with van der Waals surface area (Å²) < 4.78 is 14.1. The minimum atomic E-state index is -0.628. The zero-order valence-corrected chi connectivity index (χ0v) is 15.0. The maximum absolute atomic E-state index is 14.1. The molecule has 4 nitrogen and oxygen atoms in total. The lowest BCUT2D eigenvalue weighted by Gasteiger charge is -2.38. The van der Waals surface area contributed by atoms with Crippen molar-refractivity contribution in [3.63, 3.8) is 0 Å². The summed E-state index contributed by atoms with van der Waals surface area (Å²) >= 11 is 0. The molecule has 0 aliphatic heterocycles. The first-order valence-electron chi connectivity index (χ1n) is 8.65. The topological polar surface area (TPSA) is 46.1 Å². The Bertz CT molecular complexity index is 877. The predicted octanol–water partition coefficient (Wildman–Crippen LogP) is 3.53. The maximum Gasteiger partial charge on any atom is 0.234 e. The number of hydrogen-bond donors (Lipinski definition) is 0. The molecule has 130 valence electrons. The van der Waals surface area contributed by atoms with Gasteiger partial charge in [-0.3, -0.25) is 4.79 Å². The number of nitrogens with zero attached hydrogens (tertiary/aromatic N) is 3. The lowest BCUT2D eigenvalue weighted by atomic mass is 9.67. The van der Waals surface area contributed by atoms with E-state index in [1.54, 1.807) is 37.2 Å². The molecule has 4 rings (SSSR count). The van der Waals surface area contributed by atoms with Crippen molar-refractivity contribution in [1.82, 2.24) is 15.1 Å². The average Bonchev–Trinajstić information content (AvgIpc) is 2.96. The molecule has 2 bridgehead atoms. The first-order valence-corrected chi connectivity index (χ1v) is 8.65. The summed E-state index contributed by atoms with van der Waals surface area (Å²) in [5, 5.41) is 8.76. The summed E-state index contributed by atoms with van der Waals surface area (Å²) in [4.78, 5) is 14.8. The Balaban J connectivity index is 1.91. The second-order valence-electron chi connectivity index (χ2n) is 7.93. The Kier molecular flexibility index (Phi) is 3.30. The van der Waals surface area contributed by atoms with Gasteiger partial charge in [-0.15, -0.1) is 0 Å². The van der Waals surface area contributed by atoms with Crippen molar-refractivity contribution in [2.45, 2.75) is 38.0 Å². The van der Waals surface area contributed by atoms with E-state index in [1.165, 1.54) is 6.07 Å². The van der Waals surface area contributed by atoms with Crippen LogP contribution in [0.15, 0.2) is 30.3 Å². The minimum absolute atomic E-state index is 0.0895. The number of carbonyl (C=O) groups excluding carboxylic acids is 1. The quantitative estimate of drug-likeness (QED) is 0.841. The molecule has 1 saturated carbocycles. The first-order chi connectivity index (χ1) is 11.8. The van der Waals surface area contributed by atoms with E-state index in [1.807, 2.05) is 6.07 Å². The number of hydrogen-bond acceptors (Lipinski definition) is 3. The minimum Gasteiger partial charge on any atom is -0.348 e. The van der Waals surface area contributed by atoms with Crippen molar-refractivity contribution in [3.05, 3.63) is 47.4 Å². The van der Waals surface area contributed by atoms with Gasteiger partial charge in [-0.1, -0.05) is 26.0 Å². The van der Waals surface area contributed by atoms with Crippen LogP contribution in [-0.2, 0) is 10.2 Å². The van der Waals surface area contributed by atoms with Crippen molar-refractivity contribution in [1.29, 1.82) is 0 Å². The van der Waals surface area contributed by atoms with Gasteiger partial charge in [0.05, 0.1) is 16.8 Å². The van der Waals surface area contributed by atoms with E-state index in [4.69, 9.17) is 0 Å². The molecule has 5 heteroatoms. The van der Waals surface area contributed by atoms with Gasteiger partial charge in [0.1, 0.15) is 5.82 Å². The molecule has 1 heterocycles.